The molecule has 3 heterocycles. The van der Waals surface area contributed by atoms with E-state index in [1.54, 1.807) is 23.9 Å². The number of fused-ring (bicyclic) bond motifs is 3. The van der Waals surface area contributed by atoms with Gasteiger partial charge in [-0.3, -0.25) is 19.6 Å². The molecule has 5 nitrogen and oxygen atoms in total. The van der Waals surface area contributed by atoms with Crippen LogP contribution in [0.4, 0.5) is 11.4 Å². The van der Waals surface area contributed by atoms with Crippen LogP contribution in [-0.4, -0.2) is 28.9 Å². The highest BCUT2D eigenvalue weighted by atomic mass is 35.5. The molecule has 0 N–H and O–H groups in total. The highest BCUT2D eigenvalue weighted by molar-refractivity contribution is 8.03. The summed E-state index contributed by atoms with van der Waals surface area (Å²) in [4.78, 5) is 30.0. The fourth-order valence-electron chi connectivity index (χ4n) is 4.88. The molecule has 2 saturated heterocycles. The Hall–Kier alpha value is -3.48. The minimum Gasteiger partial charge on any atom is -0.273 e. The van der Waals surface area contributed by atoms with Crippen LogP contribution in [0.5, 0.6) is 0 Å². The summed E-state index contributed by atoms with van der Waals surface area (Å²) >= 11 is 7.78. The van der Waals surface area contributed by atoms with Crippen molar-refractivity contribution in [1.29, 1.82) is 0 Å². The highest BCUT2D eigenvalue weighted by Gasteiger charge is 2.62. The first kappa shape index (κ1) is 21.1. The number of anilines is 2. The van der Waals surface area contributed by atoms with Gasteiger partial charge in [0.2, 0.25) is 5.91 Å². The molecule has 6 rings (SSSR count). The number of imide groups is 1. The summed E-state index contributed by atoms with van der Waals surface area (Å²) < 4.78 is 0. The number of para-hydroxylation sites is 1. The Morgan fingerprint density at radius 2 is 1.41 bits per heavy atom. The monoisotopic (exact) mass is 485 g/mol. The molecule has 0 spiro atoms. The molecule has 2 fully saturated rings. The van der Waals surface area contributed by atoms with Gasteiger partial charge in [0.15, 0.2) is 0 Å². The van der Waals surface area contributed by atoms with E-state index in [1.807, 2.05) is 83.9 Å². The number of hydrogen-bond acceptors (Lipinski definition) is 5. The van der Waals surface area contributed by atoms with Crippen LogP contribution in [0.25, 0.3) is 0 Å². The summed E-state index contributed by atoms with van der Waals surface area (Å²) in [6.45, 7) is 0. The second kappa shape index (κ2) is 8.38. The van der Waals surface area contributed by atoms with Crippen LogP contribution in [0.2, 0.25) is 5.02 Å². The van der Waals surface area contributed by atoms with Gasteiger partial charge in [-0.05, 0) is 54.6 Å². The maximum Gasteiger partial charge on any atom is 0.259 e. The van der Waals surface area contributed by atoms with Gasteiger partial charge in [-0.1, -0.05) is 71.9 Å². The molecule has 2 amide bonds. The van der Waals surface area contributed by atoms with Crippen molar-refractivity contribution in [1.82, 2.24) is 5.01 Å². The summed E-state index contributed by atoms with van der Waals surface area (Å²) in [6, 6.07) is 25.7. The topological polar surface area (TPSA) is 43.9 Å². The molecular formula is C27H20ClN3O2S. The highest BCUT2D eigenvalue weighted by Crippen LogP contribution is 2.48. The van der Waals surface area contributed by atoms with E-state index in [9.17, 15) is 9.59 Å². The van der Waals surface area contributed by atoms with Crippen molar-refractivity contribution in [3.05, 3.63) is 113 Å². The molecule has 34 heavy (non-hydrogen) atoms. The van der Waals surface area contributed by atoms with E-state index in [1.165, 1.54) is 4.90 Å². The predicted molar refractivity (Wildman–Crippen MR) is 135 cm³/mol. The van der Waals surface area contributed by atoms with E-state index >= 15 is 0 Å². The standard InChI is InChI=1S/C27H20ClN3O2S/c28-18-14-16-20(17-15-18)30-25-24(26(32)29(27(25)33)19-8-3-1-4-9-19)22-12-7-13-23(31(22)30)34-21-10-5-2-6-11-21/h1-17,22,24-25H/t22-,24+,25-/m0/s1. The fraction of sp³-hybridized carbons (Fsp3) is 0.111. The Morgan fingerprint density at radius 3 is 2.12 bits per heavy atom. The van der Waals surface area contributed by atoms with Gasteiger partial charge < -0.3 is 0 Å². The molecule has 3 aliphatic heterocycles. The van der Waals surface area contributed by atoms with Crippen molar-refractivity contribution in [3.63, 3.8) is 0 Å². The van der Waals surface area contributed by atoms with Crippen molar-refractivity contribution in [2.75, 3.05) is 9.91 Å². The minimum atomic E-state index is -0.651. The molecule has 7 heteroatoms. The van der Waals surface area contributed by atoms with E-state index in [-0.39, 0.29) is 17.9 Å². The van der Waals surface area contributed by atoms with Crippen LogP contribution in [0.3, 0.4) is 0 Å². The number of allylic oxidation sites excluding steroid dienone is 2. The number of rotatable bonds is 4. The smallest absolute Gasteiger partial charge is 0.259 e. The van der Waals surface area contributed by atoms with Gasteiger partial charge >= 0.3 is 0 Å². The zero-order valence-corrected chi connectivity index (χ0v) is 19.6. The van der Waals surface area contributed by atoms with Crippen molar-refractivity contribution in [2.45, 2.75) is 17.0 Å². The Morgan fingerprint density at radius 1 is 0.735 bits per heavy atom. The van der Waals surface area contributed by atoms with E-state index in [0.29, 0.717) is 10.7 Å². The normalized spacial score (nSPS) is 23.3. The molecule has 0 radical (unpaired) electrons. The second-order valence-corrected chi connectivity index (χ2v) is 9.81. The molecular weight excluding hydrogens is 466 g/mol. The van der Waals surface area contributed by atoms with Gasteiger partial charge in [0.05, 0.1) is 28.4 Å². The quantitative estimate of drug-likeness (QED) is 0.456. The van der Waals surface area contributed by atoms with Crippen molar-refractivity contribution in [3.8, 4) is 0 Å². The first-order chi connectivity index (χ1) is 16.6. The van der Waals surface area contributed by atoms with Crippen LogP contribution in [0.15, 0.2) is 113 Å². The Labute approximate surface area is 206 Å². The van der Waals surface area contributed by atoms with Gasteiger partial charge in [0.25, 0.3) is 5.91 Å². The fourth-order valence-corrected chi connectivity index (χ4v) is 5.99. The largest absolute Gasteiger partial charge is 0.273 e. The molecule has 0 bridgehead atoms. The van der Waals surface area contributed by atoms with E-state index in [4.69, 9.17) is 11.6 Å². The zero-order chi connectivity index (χ0) is 23.2. The summed E-state index contributed by atoms with van der Waals surface area (Å²) in [5, 5.41) is 5.63. The molecule has 3 aliphatic rings. The number of thioether (sulfide) groups is 1. The summed E-state index contributed by atoms with van der Waals surface area (Å²) in [7, 11) is 0. The third-order valence-corrected chi connectivity index (χ3v) is 7.60. The van der Waals surface area contributed by atoms with E-state index in [2.05, 4.69) is 17.1 Å². The number of carbonyl (C=O) groups is 2. The third-order valence-electron chi connectivity index (χ3n) is 6.31. The summed E-state index contributed by atoms with van der Waals surface area (Å²) in [5.41, 5.74) is 1.41. The van der Waals surface area contributed by atoms with E-state index in [0.717, 1.165) is 15.6 Å². The van der Waals surface area contributed by atoms with Gasteiger partial charge in [-0.2, -0.15) is 0 Å². The first-order valence-corrected chi connectivity index (χ1v) is 12.2. The average Bonchev–Trinajstić information content (AvgIpc) is 3.34. The maximum absolute atomic E-state index is 13.8. The SMILES string of the molecule is O=C1[C@H]2[C@@H](C(=O)N1c1ccccc1)N(c1ccc(Cl)cc1)N1C(Sc3ccccc3)=CC=C[C@@H]21. The Balaban J connectivity index is 1.45. The van der Waals surface area contributed by atoms with Crippen LogP contribution in [-0.2, 0) is 9.59 Å². The number of hydrazine groups is 1. The number of halogens is 1. The molecule has 3 aromatic carbocycles. The number of carbonyl (C=O) groups excluding carboxylic acids is 2. The molecule has 168 valence electrons. The lowest BCUT2D eigenvalue weighted by molar-refractivity contribution is -0.123. The predicted octanol–water partition coefficient (Wildman–Crippen LogP) is 5.51. The summed E-state index contributed by atoms with van der Waals surface area (Å²) in [5.74, 6) is -0.925. The van der Waals surface area contributed by atoms with Crippen molar-refractivity contribution < 1.29 is 9.59 Å². The summed E-state index contributed by atoms with van der Waals surface area (Å²) in [6.07, 6.45) is 6.03. The molecule has 0 aromatic heterocycles. The molecule has 0 aliphatic carbocycles. The molecule has 3 atom stereocenters. The number of amides is 2. The van der Waals surface area contributed by atoms with Gasteiger partial charge in [0.1, 0.15) is 6.04 Å². The second-order valence-electron chi connectivity index (χ2n) is 8.28. The zero-order valence-electron chi connectivity index (χ0n) is 18.0. The van der Waals surface area contributed by atoms with Crippen LogP contribution in [0.1, 0.15) is 0 Å². The maximum atomic E-state index is 13.8. The van der Waals surface area contributed by atoms with Gasteiger partial charge in [-0.25, -0.2) is 4.90 Å². The Bertz CT molecular complexity index is 1310. The van der Waals surface area contributed by atoms with E-state index < -0.39 is 12.0 Å². The van der Waals surface area contributed by atoms with Crippen molar-refractivity contribution >= 4 is 46.6 Å². The Kier molecular flexibility index (Phi) is 5.20. The van der Waals surface area contributed by atoms with Gasteiger partial charge in [-0.15, -0.1) is 0 Å². The number of benzene rings is 3. The lowest BCUT2D eigenvalue weighted by Gasteiger charge is -2.39. The van der Waals surface area contributed by atoms with Gasteiger partial charge in [0, 0.05) is 9.92 Å². The van der Waals surface area contributed by atoms with Crippen LogP contribution < -0.4 is 9.91 Å². The first-order valence-electron chi connectivity index (χ1n) is 11.0. The molecule has 3 aromatic rings. The van der Waals surface area contributed by atoms with Crippen LogP contribution in [0, 0.1) is 5.92 Å². The third kappa shape index (κ3) is 3.33. The molecule has 0 unspecified atom stereocenters. The lowest BCUT2D eigenvalue weighted by Crippen LogP contribution is -2.49. The molecule has 0 saturated carbocycles. The van der Waals surface area contributed by atoms with Crippen molar-refractivity contribution in [2.24, 2.45) is 5.92 Å². The number of hydrogen-bond donors (Lipinski definition) is 0. The minimum absolute atomic E-state index is 0.178. The van der Waals surface area contributed by atoms with Crippen LogP contribution >= 0.6 is 23.4 Å². The number of nitrogens with zero attached hydrogens (tertiary/aromatic N) is 3. The average molecular weight is 486 g/mol. The lowest BCUT2D eigenvalue weighted by atomic mass is 9.94.